The van der Waals surface area contributed by atoms with Gasteiger partial charge in [-0.05, 0) is 27.9 Å². The Labute approximate surface area is 99.9 Å². The van der Waals surface area contributed by atoms with Crippen LogP contribution in [-0.4, -0.2) is 41.6 Å². The Hall–Kier alpha value is -0.940. The van der Waals surface area contributed by atoms with E-state index in [1.165, 1.54) is 11.3 Å². The fraction of sp³-hybridized carbons (Fsp3) is 0.636. The quantitative estimate of drug-likeness (QED) is 0.852. The van der Waals surface area contributed by atoms with Crippen molar-refractivity contribution in [3.8, 4) is 0 Å². The van der Waals surface area contributed by atoms with Crippen LogP contribution in [0.5, 0.6) is 0 Å². The van der Waals surface area contributed by atoms with E-state index < -0.39 is 11.4 Å². The monoisotopic (exact) mass is 242 g/mol. The molecule has 1 heterocycles. The Morgan fingerprint density at radius 3 is 2.69 bits per heavy atom. The van der Waals surface area contributed by atoms with Crippen LogP contribution in [0.4, 0.5) is 0 Å². The van der Waals surface area contributed by atoms with Crippen LogP contribution in [0.3, 0.4) is 0 Å². The minimum atomic E-state index is -0.896. The van der Waals surface area contributed by atoms with Gasteiger partial charge in [0.05, 0.1) is 10.7 Å². The number of thiazole rings is 1. The van der Waals surface area contributed by atoms with E-state index in [0.29, 0.717) is 5.69 Å². The second kappa shape index (κ2) is 4.93. The molecule has 1 aromatic rings. The predicted molar refractivity (Wildman–Crippen MR) is 65.0 cm³/mol. The Kier molecular flexibility index (Phi) is 4.04. The third-order valence-electron chi connectivity index (χ3n) is 2.50. The fourth-order valence-corrected chi connectivity index (χ4v) is 2.10. The fourth-order valence-electron chi connectivity index (χ4n) is 1.14. The number of rotatable bonds is 5. The molecule has 90 valence electrons. The zero-order valence-electron chi connectivity index (χ0n) is 10.1. The van der Waals surface area contributed by atoms with E-state index in [1.807, 2.05) is 19.5 Å². The summed E-state index contributed by atoms with van der Waals surface area (Å²) in [4.78, 5) is 17.5. The first-order valence-corrected chi connectivity index (χ1v) is 6.05. The van der Waals surface area contributed by atoms with Crippen molar-refractivity contribution in [2.75, 3.05) is 20.6 Å². The molecular weight excluding hydrogens is 224 g/mol. The minimum Gasteiger partial charge on any atom is -0.481 e. The Bertz CT molecular complexity index is 372. The largest absolute Gasteiger partial charge is 0.481 e. The molecule has 0 unspecified atom stereocenters. The van der Waals surface area contributed by atoms with E-state index in [9.17, 15) is 4.79 Å². The highest BCUT2D eigenvalue weighted by Gasteiger charge is 2.31. The molecule has 0 aliphatic carbocycles. The molecule has 0 bridgehead atoms. The lowest BCUT2D eigenvalue weighted by atomic mass is 9.90. The van der Waals surface area contributed by atoms with Gasteiger partial charge in [-0.3, -0.25) is 4.79 Å². The van der Waals surface area contributed by atoms with Gasteiger partial charge in [0, 0.05) is 18.3 Å². The highest BCUT2D eigenvalue weighted by atomic mass is 32.1. The molecular formula is C11H18N2O2S. The molecule has 1 N–H and O–H groups in total. The molecule has 16 heavy (non-hydrogen) atoms. The molecule has 0 radical (unpaired) electrons. The lowest BCUT2D eigenvalue weighted by Gasteiger charge is -2.15. The van der Waals surface area contributed by atoms with Gasteiger partial charge >= 0.3 is 5.97 Å². The number of carboxylic acids is 1. The number of hydrogen-bond donors (Lipinski definition) is 1. The van der Waals surface area contributed by atoms with Gasteiger partial charge < -0.3 is 10.0 Å². The first-order valence-electron chi connectivity index (χ1n) is 5.17. The first-order chi connectivity index (χ1) is 7.34. The summed E-state index contributed by atoms with van der Waals surface area (Å²) in [6, 6.07) is 0. The van der Waals surface area contributed by atoms with E-state index in [2.05, 4.69) is 9.88 Å². The van der Waals surface area contributed by atoms with Gasteiger partial charge in [0.2, 0.25) is 0 Å². The van der Waals surface area contributed by atoms with Crippen molar-refractivity contribution in [3.05, 3.63) is 16.1 Å². The van der Waals surface area contributed by atoms with E-state index in [4.69, 9.17) is 5.11 Å². The summed E-state index contributed by atoms with van der Waals surface area (Å²) in [6.07, 6.45) is 0.868. The van der Waals surface area contributed by atoms with Crippen molar-refractivity contribution in [3.63, 3.8) is 0 Å². The number of nitrogens with zero attached hydrogens (tertiary/aromatic N) is 2. The van der Waals surface area contributed by atoms with Crippen LogP contribution in [0.15, 0.2) is 5.38 Å². The molecule has 0 saturated heterocycles. The molecule has 0 atom stereocenters. The summed E-state index contributed by atoms with van der Waals surface area (Å²) in [5.41, 5.74) is -0.244. The second-order valence-corrected chi connectivity index (χ2v) is 5.55. The molecule has 1 rings (SSSR count). The van der Waals surface area contributed by atoms with Crippen LogP contribution < -0.4 is 0 Å². The summed E-state index contributed by atoms with van der Waals surface area (Å²) in [5, 5.41) is 11.9. The summed E-state index contributed by atoms with van der Waals surface area (Å²) < 4.78 is 0. The van der Waals surface area contributed by atoms with Gasteiger partial charge in [-0.15, -0.1) is 11.3 Å². The van der Waals surface area contributed by atoms with E-state index in [1.54, 1.807) is 13.8 Å². The van der Waals surface area contributed by atoms with Crippen LogP contribution >= 0.6 is 11.3 Å². The first kappa shape index (κ1) is 13.1. The summed E-state index contributed by atoms with van der Waals surface area (Å²) >= 11 is 1.53. The second-order valence-electron chi connectivity index (χ2n) is 4.61. The number of aromatic nitrogens is 1. The maximum Gasteiger partial charge on any atom is 0.315 e. The Morgan fingerprint density at radius 2 is 2.19 bits per heavy atom. The van der Waals surface area contributed by atoms with Crippen LogP contribution in [0.1, 0.15) is 24.5 Å². The highest BCUT2D eigenvalue weighted by molar-refractivity contribution is 7.09. The number of aliphatic carboxylic acids is 1. The normalized spacial score (nSPS) is 12.1. The van der Waals surface area contributed by atoms with Gasteiger partial charge in [0.1, 0.15) is 5.41 Å². The molecule has 0 saturated carbocycles. The number of carboxylic acid groups (broad SMARTS) is 1. The average molecular weight is 242 g/mol. The summed E-state index contributed by atoms with van der Waals surface area (Å²) in [7, 11) is 4.02. The maximum atomic E-state index is 11.1. The molecule has 0 aliphatic rings. The summed E-state index contributed by atoms with van der Waals surface area (Å²) in [6.45, 7) is 4.29. The van der Waals surface area contributed by atoms with Crippen molar-refractivity contribution < 1.29 is 9.90 Å². The molecule has 0 aromatic carbocycles. The van der Waals surface area contributed by atoms with Crippen molar-refractivity contribution in [1.29, 1.82) is 0 Å². The van der Waals surface area contributed by atoms with Crippen LogP contribution in [-0.2, 0) is 16.6 Å². The molecule has 1 aromatic heterocycles. The van der Waals surface area contributed by atoms with Crippen LogP contribution in [0, 0.1) is 0 Å². The minimum absolute atomic E-state index is 0.652. The number of carbonyl (C=O) groups is 1. The lowest BCUT2D eigenvalue weighted by molar-refractivity contribution is -0.142. The third kappa shape index (κ3) is 3.02. The molecule has 4 nitrogen and oxygen atoms in total. The molecule has 0 aliphatic heterocycles. The van der Waals surface area contributed by atoms with Crippen molar-refractivity contribution >= 4 is 17.3 Å². The topological polar surface area (TPSA) is 53.4 Å². The predicted octanol–water partition coefficient (Wildman–Crippen LogP) is 1.61. The Balaban J connectivity index is 2.75. The molecule has 5 heteroatoms. The maximum absolute atomic E-state index is 11.1. The molecule has 0 spiro atoms. The van der Waals surface area contributed by atoms with Crippen molar-refractivity contribution in [2.45, 2.75) is 25.7 Å². The number of likely N-dealkylation sites (N-methyl/N-ethyl adjacent to an activating group) is 1. The van der Waals surface area contributed by atoms with Gasteiger partial charge in [0.15, 0.2) is 0 Å². The van der Waals surface area contributed by atoms with Crippen LogP contribution in [0.2, 0.25) is 0 Å². The standard InChI is InChI=1S/C11H18N2O2S/c1-11(2,10(14)15)8-7-16-9(12-8)5-6-13(3)4/h7H,5-6H2,1-4H3,(H,14,15). The van der Waals surface area contributed by atoms with Crippen LogP contribution in [0.25, 0.3) is 0 Å². The number of hydrogen-bond acceptors (Lipinski definition) is 4. The highest BCUT2D eigenvalue weighted by Crippen LogP contribution is 2.25. The lowest BCUT2D eigenvalue weighted by Crippen LogP contribution is -2.29. The Morgan fingerprint density at radius 1 is 1.56 bits per heavy atom. The smallest absolute Gasteiger partial charge is 0.315 e. The van der Waals surface area contributed by atoms with Gasteiger partial charge in [-0.25, -0.2) is 4.98 Å². The zero-order valence-corrected chi connectivity index (χ0v) is 11.0. The van der Waals surface area contributed by atoms with Crippen molar-refractivity contribution in [1.82, 2.24) is 9.88 Å². The van der Waals surface area contributed by atoms with Gasteiger partial charge in [0.25, 0.3) is 0 Å². The van der Waals surface area contributed by atoms with Gasteiger partial charge in [-0.1, -0.05) is 0 Å². The van der Waals surface area contributed by atoms with Gasteiger partial charge in [-0.2, -0.15) is 0 Å². The third-order valence-corrected chi connectivity index (χ3v) is 3.41. The summed E-state index contributed by atoms with van der Waals surface area (Å²) in [5.74, 6) is -0.836. The van der Waals surface area contributed by atoms with E-state index in [-0.39, 0.29) is 0 Å². The van der Waals surface area contributed by atoms with E-state index in [0.717, 1.165) is 18.0 Å². The zero-order chi connectivity index (χ0) is 12.3. The SMILES string of the molecule is CN(C)CCc1nc(C(C)(C)C(=O)O)cs1. The molecule has 0 amide bonds. The van der Waals surface area contributed by atoms with Crippen molar-refractivity contribution in [2.24, 2.45) is 0 Å². The average Bonchev–Trinajstić information content (AvgIpc) is 2.63. The van der Waals surface area contributed by atoms with E-state index >= 15 is 0 Å². The molecule has 0 fully saturated rings.